The zero-order chi connectivity index (χ0) is 17.8. The van der Waals surface area contributed by atoms with Crippen LogP contribution in [0.25, 0.3) is 11.3 Å². The van der Waals surface area contributed by atoms with Gasteiger partial charge in [0, 0.05) is 18.2 Å². The van der Waals surface area contributed by atoms with Crippen LogP contribution in [0.4, 0.5) is 5.95 Å². The summed E-state index contributed by atoms with van der Waals surface area (Å²) in [5.41, 5.74) is 7.26. The van der Waals surface area contributed by atoms with Crippen molar-refractivity contribution in [1.29, 1.82) is 0 Å². The lowest BCUT2D eigenvalue weighted by Gasteiger charge is -2.12. The average Bonchev–Trinajstić information content (AvgIpc) is 3.11. The van der Waals surface area contributed by atoms with Crippen molar-refractivity contribution in [2.45, 2.75) is 26.3 Å². The highest BCUT2D eigenvalue weighted by Gasteiger charge is 2.21. The molecule has 1 unspecified atom stereocenters. The quantitative estimate of drug-likeness (QED) is 0.731. The monoisotopic (exact) mass is 338 g/mol. The molecule has 3 aromatic rings. The molecule has 2 heterocycles. The second-order valence-electron chi connectivity index (χ2n) is 5.45. The summed E-state index contributed by atoms with van der Waals surface area (Å²) in [4.78, 5) is 25.1. The van der Waals surface area contributed by atoms with Gasteiger partial charge in [-0.05, 0) is 6.92 Å². The fourth-order valence-corrected chi connectivity index (χ4v) is 2.30. The highest BCUT2D eigenvalue weighted by Crippen LogP contribution is 2.22. The van der Waals surface area contributed by atoms with Crippen LogP contribution in [0.15, 0.2) is 41.1 Å². The maximum Gasteiger partial charge on any atom is 0.255 e. The van der Waals surface area contributed by atoms with E-state index >= 15 is 0 Å². The molecule has 0 fully saturated rings. The molecule has 3 N–H and O–H groups in total. The molecule has 1 amide bonds. The predicted octanol–water partition coefficient (Wildman–Crippen LogP) is 2.16. The van der Waals surface area contributed by atoms with Crippen LogP contribution >= 0.6 is 0 Å². The lowest BCUT2D eigenvalue weighted by atomic mass is 10.1. The summed E-state index contributed by atoms with van der Waals surface area (Å²) in [6, 6.07) is 8.88. The second kappa shape index (κ2) is 7.08. The molecule has 25 heavy (non-hydrogen) atoms. The first-order chi connectivity index (χ1) is 12.1. The number of anilines is 1. The highest BCUT2D eigenvalue weighted by molar-refractivity contribution is 5.99. The summed E-state index contributed by atoms with van der Waals surface area (Å²) in [6.45, 7) is 3.70. The lowest BCUT2D eigenvalue weighted by molar-refractivity contribution is 0.0932. The first-order valence-corrected chi connectivity index (χ1v) is 7.89. The number of aromatic nitrogens is 4. The van der Waals surface area contributed by atoms with Gasteiger partial charge >= 0.3 is 0 Å². The number of nitrogens with zero attached hydrogens (tertiary/aromatic N) is 4. The Balaban J connectivity index is 1.87. The van der Waals surface area contributed by atoms with Gasteiger partial charge in [0.15, 0.2) is 5.82 Å². The van der Waals surface area contributed by atoms with E-state index in [-0.39, 0.29) is 11.9 Å². The molecule has 0 aliphatic carbocycles. The Bertz CT molecular complexity index is 878. The van der Waals surface area contributed by atoms with Gasteiger partial charge in [-0.3, -0.25) is 4.79 Å². The predicted molar refractivity (Wildman–Crippen MR) is 91.4 cm³/mol. The summed E-state index contributed by atoms with van der Waals surface area (Å²) >= 11 is 0. The maximum atomic E-state index is 12.7. The minimum atomic E-state index is -0.443. The molecule has 0 saturated heterocycles. The number of nitrogens with two attached hydrogens (primary N) is 1. The van der Waals surface area contributed by atoms with Gasteiger partial charge in [0.05, 0.1) is 11.3 Å². The Morgan fingerprint density at radius 1 is 1.28 bits per heavy atom. The van der Waals surface area contributed by atoms with Crippen molar-refractivity contribution in [3.63, 3.8) is 0 Å². The van der Waals surface area contributed by atoms with Crippen molar-refractivity contribution in [3.05, 3.63) is 53.8 Å². The van der Waals surface area contributed by atoms with Gasteiger partial charge in [-0.2, -0.15) is 4.98 Å². The highest BCUT2D eigenvalue weighted by atomic mass is 16.5. The first kappa shape index (κ1) is 16.6. The van der Waals surface area contributed by atoms with Crippen LogP contribution in [0.2, 0.25) is 0 Å². The van der Waals surface area contributed by atoms with Crippen LogP contribution in [0, 0.1) is 0 Å². The summed E-state index contributed by atoms with van der Waals surface area (Å²) in [5, 5.41) is 6.66. The number of nitrogen functional groups attached to an aromatic ring is 1. The number of carbonyl (C=O) groups excluding carboxylic acids is 1. The number of rotatable bonds is 5. The zero-order valence-corrected chi connectivity index (χ0v) is 13.9. The molecular formula is C17H18N6O2. The largest absolute Gasteiger partial charge is 0.368 e. The SMILES string of the molecule is CCc1noc(C(C)NC(=O)c2cnc(N)nc2-c2ccccc2)n1. The molecule has 8 heteroatoms. The van der Waals surface area contributed by atoms with E-state index in [9.17, 15) is 4.79 Å². The van der Waals surface area contributed by atoms with E-state index in [0.29, 0.717) is 29.4 Å². The van der Waals surface area contributed by atoms with Crippen LogP contribution < -0.4 is 11.1 Å². The Morgan fingerprint density at radius 3 is 2.72 bits per heavy atom. The fourth-order valence-electron chi connectivity index (χ4n) is 2.30. The molecule has 0 aliphatic rings. The maximum absolute atomic E-state index is 12.7. The summed E-state index contributed by atoms with van der Waals surface area (Å²) in [5.74, 6) is 0.704. The van der Waals surface area contributed by atoms with E-state index in [2.05, 4.69) is 25.4 Å². The van der Waals surface area contributed by atoms with Crippen molar-refractivity contribution in [2.75, 3.05) is 5.73 Å². The van der Waals surface area contributed by atoms with Crippen LogP contribution in [0.3, 0.4) is 0 Å². The van der Waals surface area contributed by atoms with Gasteiger partial charge in [0.25, 0.3) is 5.91 Å². The Hall–Kier alpha value is -3.29. The minimum absolute atomic E-state index is 0.105. The Morgan fingerprint density at radius 2 is 2.04 bits per heavy atom. The molecule has 0 aliphatic heterocycles. The second-order valence-corrected chi connectivity index (χ2v) is 5.45. The number of nitrogens with one attached hydrogen (secondary N) is 1. The number of amides is 1. The average molecular weight is 338 g/mol. The number of hydrogen-bond donors (Lipinski definition) is 2. The van der Waals surface area contributed by atoms with Gasteiger partial charge < -0.3 is 15.6 Å². The van der Waals surface area contributed by atoms with E-state index in [0.717, 1.165) is 5.56 Å². The third kappa shape index (κ3) is 3.63. The molecule has 0 spiro atoms. The van der Waals surface area contributed by atoms with Crippen molar-refractivity contribution in [1.82, 2.24) is 25.4 Å². The molecule has 0 radical (unpaired) electrons. The van der Waals surface area contributed by atoms with Gasteiger partial charge in [-0.1, -0.05) is 42.4 Å². The third-order valence-corrected chi connectivity index (χ3v) is 3.62. The molecule has 1 atom stereocenters. The van der Waals surface area contributed by atoms with Gasteiger partial charge in [0.1, 0.15) is 6.04 Å². The smallest absolute Gasteiger partial charge is 0.255 e. The van der Waals surface area contributed by atoms with E-state index in [1.54, 1.807) is 6.92 Å². The van der Waals surface area contributed by atoms with Crippen LogP contribution in [0.1, 0.15) is 42.0 Å². The van der Waals surface area contributed by atoms with Crippen LogP contribution in [-0.4, -0.2) is 26.0 Å². The third-order valence-electron chi connectivity index (χ3n) is 3.62. The van der Waals surface area contributed by atoms with E-state index < -0.39 is 6.04 Å². The minimum Gasteiger partial charge on any atom is -0.368 e. The lowest BCUT2D eigenvalue weighted by Crippen LogP contribution is -2.28. The van der Waals surface area contributed by atoms with Crippen LogP contribution in [0.5, 0.6) is 0 Å². The Kier molecular flexibility index (Phi) is 4.69. The summed E-state index contributed by atoms with van der Waals surface area (Å²) < 4.78 is 5.16. The van der Waals surface area contributed by atoms with Crippen molar-refractivity contribution in [3.8, 4) is 11.3 Å². The van der Waals surface area contributed by atoms with E-state index in [1.165, 1.54) is 6.20 Å². The number of hydrogen-bond acceptors (Lipinski definition) is 7. The first-order valence-electron chi connectivity index (χ1n) is 7.89. The van der Waals surface area contributed by atoms with Crippen molar-refractivity contribution in [2.24, 2.45) is 0 Å². The molecule has 2 aromatic heterocycles. The molecular weight excluding hydrogens is 320 g/mol. The molecule has 3 rings (SSSR count). The molecule has 0 bridgehead atoms. The van der Waals surface area contributed by atoms with Crippen LogP contribution in [-0.2, 0) is 6.42 Å². The molecule has 8 nitrogen and oxygen atoms in total. The molecule has 128 valence electrons. The molecule has 1 aromatic carbocycles. The van der Waals surface area contributed by atoms with Gasteiger partial charge in [0.2, 0.25) is 11.8 Å². The molecule has 0 saturated carbocycles. The van der Waals surface area contributed by atoms with Crippen molar-refractivity contribution < 1.29 is 9.32 Å². The summed E-state index contributed by atoms with van der Waals surface area (Å²) in [6.07, 6.45) is 2.08. The van der Waals surface area contributed by atoms with E-state index in [1.807, 2.05) is 37.3 Å². The van der Waals surface area contributed by atoms with Crippen molar-refractivity contribution >= 4 is 11.9 Å². The number of carbonyl (C=O) groups is 1. The standard InChI is InChI=1S/C17H18N6O2/c1-3-13-21-16(25-23-13)10(2)20-15(24)12-9-19-17(18)22-14(12)11-7-5-4-6-8-11/h4-10H,3H2,1-2H3,(H,20,24)(H2,18,19,22). The topological polar surface area (TPSA) is 120 Å². The normalized spacial score (nSPS) is 11.9. The number of benzene rings is 1. The number of aryl methyl sites for hydroxylation is 1. The van der Waals surface area contributed by atoms with E-state index in [4.69, 9.17) is 10.3 Å². The fraction of sp³-hybridized carbons (Fsp3) is 0.235. The zero-order valence-electron chi connectivity index (χ0n) is 13.9. The van der Waals surface area contributed by atoms with Gasteiger partial charge in [-0.25, -0.2) is 9.97 Å². The summed E-state index contributed by atoms with van der Waals surface area (Å²) in [7, 11) is 0. The van der Waals surface area contributed by atoms with Gasteiger partial charge in [-0.15, -0.1) is 0 Å². The Labute approximate surface area is 144 Å².